The van der Waals surface area contributed by atoms with Gasteiger partial charge >= 0.3 is 0 Å². The van der Waals surface area contributed by atoms with E-state index in [-0.39, 0.29) is 12.4 Å². The van der Waals surface area contributed by atoms with Gasteiger partial charge in [0, 0.05) is 24.0 Å². The Morgan fingerprint density at radius 1 is 1.39 bits per heavy atom. The molecule has 2 rings (SSSR count). The number of ether oxygens (including phenoxy) is 1. The topological polar surface area (TPSA) is 53.1 Å². The van der Waals surface area contributed by atoms with Gasteiger partial charge in [-0.05, 0) is 32.0 Å². The number of nitrogens with two attached hydrogens (primary N) is 1. The molecule has 0 aliphatic heterocycles. The van der Waals surface area contributed by atoms with Gasteiger partial charge in [-0.25, -0.2) is 4.39 Å². The highest BCUT2D eigenvalue weighted by Gasteiger charge is 2.06. The predicted molar refractivity (Wildman–Crippen MR) is 67.8 cm³/mol. The van der Waals surface area contributed by atoms with Gasteiger partial charge in [-0.2, -0.15) is 5.10 Å². The van der Waals surface area contributed by atoms with E-state index >= 15 is 0 Å². The fourth-order valence-corrected chi connectivity index (χ4v) is 1.53. The van der Waals surface area contributed by atoms with Crippen LogP contribution in [0.2, 0.25) is 0 Å². The monoisotopic (exact) mass is 249 g/mol. The highest BCUT2D eigenvalue weighted by atomic mass is 19.1. The molecule has 2 N–H and O–H groups in total. The average Bonchev–Trinajstić information content (AvgIpc) is 2.76. The van der Waals surface area contributed by atoms with Crippen LogP contribution in [0.15, 0.2) is 30.5 Å². The lowest BCUT2D eigenvalue weighted by molar-refractivity contribution is 0.284. The van der Waals surface area contributed by atoms with Crippen LogP contribution in [-0.4, -0.2) is 9.78 Å². The third-order valence-corrected chi connectivity index (χ3v) is 2.52. The fourth-order valence-electron chi connectivity index (χ4n) is 1.53. The minimum atomic E-state index is -0.460. The summed E-state index contributed by atoms with van der Waals surface area (Å²) in [6.07, 6.45) is 1.88. The van der Waals surface area contributed by atoms with Crippen molar-refractivity contribution in [1.82, 2.24) is 9.78 Å². The Kier molecular flexibility index (Phi) is 3.50. The number of nitrogens with zero attached hydrogens (tertiary/aromatic N) is 2. The first kappa shape index (κ1) is 12.4. The average molecular weight is 249 g/mol. The van der Waals surface area contributed by atoms with Crippen molar-refractivity contribution >= 4 is 5.69 Å². The maximum atomic E-state index is 13.5. The molecule has 0 aliphatic carbocycles. The number of halogens is 1. The van der Waals surface area contributed by atoms with Crippen LogP contribution in [0.25, 0.3) is 0 Å². The molecule has 0 atom stereocenters. The van der Waals surface area contributed by atoms with Gasteiger partial charge in [0.2, 0.25) is 0 Å². The van der Waals surface area contributed by atoms with Gasteiger partial charge in [-0.3, -0.25) is 4.68 Å². The van der Waals surface area contributed by atoms with Crippen LogP contribution >= 0.6 is 0 Å². The third-order valence-electron chi connectivity index (χ3n) is 2.52. The number of rotatable bonds is 4. The predicted octanol–water partition coefficient (Wildman–Crippen LogP) is 2.76. The third kappa shape index (κ3) is 2.80. The molecular weight excluding hydrogens is 233 g/mol. The van der Waals surface area contributed by atoms with Crippen LogP contribution in [0.4, 0.5) is 10.1 Å². The van der Waals surface area contributed by atoms with Gasteiger partial charge < -0.3 is 10.5 Å². The molecule has 0 saturated carbocycles. The summed E-state index contributed by atoms with van der Waals surface area (Å²) in [5, 5.41) is 4.32. The van der Waals surface area contributed by atoms with E-state index in [0.29, 0.717) is 11.7 Å². The number of benzene rings is 1. The smallest absolute Gasteiger partial charge is 0.167 e. The molecular formula is C13H16FN3O. The molecule has 0 unspecified atom stereocenters. The molecule has 0 radical (unpaired) electrons. The summed E-state index contributed by atoms with van der Waals surface area (Å²) >= 11 is 0. The zero-order chi connectivity index (χ0) is 13.1. The lowest BCUT2D eigenvalue weighted by atomic mass is 10.3. The Morgan fingerprint density at radius 2 is 2.17 bits per heavy atom. The summed E-state index contributed by atoms with van der Waals surface area (Å²) in [7, 11) is 0. The second kappa shape index (κ2) is 5.08. The Labute approximate surface area is 105 Å². The molecule has 18 heavy (non-hydrogen) atoms. The van der Waals surface area contributed by atoms with E-state index in [9.17, 15) is 4.39 Å². The molecule has 1 aromatic carbocycles. The van der Waals surface area contributed by atoms with Gasteiger partial charge in [-0.1, -0.05) is 0 Å². The van der Waals surface area contributed by atoms with Crippen molar-refractivity contribution in [3.05, 3.63) is 42.0 Å². The first-order valence-corrected chi connectivity index (χ1v) is 5.78. The molecule has 0 amide bonds. The van der Waals surface area contributed by atoms with Crippen molar-refractivity contribution in [3.63, 3.8) is 0 Å². The van der Waals surface area contributed by atoms with Crippen LogP contribution in [0, 0.1) is 5.82 Å². The molecule has 0 bridgehead atoms. The van der Waals surface area contributed by atoms with E-state index in [1.165, 1.54) is 12.1 Å². The van der Waals surface area contributed by atoms with Crippen molar-refractivity contribution in [1.29, 1.82) is 0 Å². The summed E-state index contributed by atoms with van der Waals surface area (Å²) < 4.78 is 20.7. The maximum absolute atomic E-state index is 13.5. The quantitative estimate of drug-likeness (QED) is 0.848. The van der Waals surface area contributed by atoms with Gasteiger partial charge in [0.15, 0.2) is 11.6 Å². The minimum Gasteiger partial charge on any atom is -0.484 e. The number of aromatic nitrogens is 2. The zero-order valence-electron chi connectivity index (χ0n) is 10.4. The number of anilines is 1. The highest BCUT2D eigenvalue weighted by Crippen LogP contribution is 2.20. The molecule has 0 saturated heterocycles. The van der Waals surface area contributed by atoms with Gasteiger partial charge in [0.1, 0.15) is 6.61 Å². The van der Waals surface area contributed by atoms with Crippen LogP contribution in [0.3, 0.4) is 0 Å². The van der Waals surface area contributed by atoms with Gasteiger partial charge in [0.25, 0.3) is 0 Å². The summed E-state index contributed by atoms with van der Waals surface area (Å²) in [5.41, 5.74) is 6.60. The van der Waals surface area contributed by atoms with Crippen molar-refractivity contribution in [2.24, 2.45) is 0 Å². The molecule has 0 spiro atoms. The van der Waals surface area contributed by atoms with Crippen molar-refractivity contribution in [2.45, 2.75) is 26.5 Å². The molecule has 2 aromatic rings. The molecule has 96 valence electrons. The van der Waals surface area contributed by atoms with E-state index in [2.05, 4.69) is 5.10 Å². The molecule has 1 aromatic heterocycles. The summed E-state index contributed by atoms with van der Waals surface area (Å²) in [6.45, 7) is 4.31. The first-order chi connectivity index (χ1) is 8.56. The van der Waals surface area contributed by atoms with Gasteiger partial charge in [0.05, 0.1) is 5.69 Å². The molecule has 5 heteroatoms. The largest absolute Gasteiger partial charge is 0.484 e. The van der Waals surface area contributed by atoms with E-state index in [4.69, 9.17) is 10.5 Å². The lowest BCUT2D eigenvalue weighted by Crippen LogP contribution is -2.04. The van der Waals surface area contributed by atoms with Crippen LogP contribution in [-0.2, 0) is 6.61 Å². The van der Waals surface area contributed by atoms with Crippen LogP contribution in [0.5, 0.6) is 5.75 Å². The van der Waals surface area contributed by atoms with E-state index in [1.807, 2.05) is 30.8 Å². The van der Waals surface area contributed by atoms with Crippen molar-refractivity contribution in [2.75, 3.05) is 5.73 Å². The lowest BCUT2D eigenvalue weighted by Gasteiger charge is -2.06. The van der Waals surface area contributed by atoms with Gasteiger partial charge in [-0.15, -0.1) is 0 Å². The van der Waals surface area contributed by atoms with E-state index in [1.54, 1.807) is 6.07 Å². The SMILES string of the molecule is CC(C)n1ccc(COc2ccc(N)cc2F)n1. The maximum Gasteiger partial charge on any atom is 0.167 e. The second-order valence-corrected chi connectivity index (χ2v) is 4.36. The first-order valence-electron chi connectivity index (χ1n) is 5.78. The number of nitrogen functional groups attached to an aromatic ring is 1. The normalized spacial score (nSPS) is 10.9. The summed E-state index contributed by atoms with van der Waals surface area (Å²) in [4.78, 5) is 0. The zero-order valence-corrected chi connectivity index (χ0v) is 10.4. The summed E-state index contributed by atoms with van der Waals surface area (Å²) in [6, 6.07) is 6.51. The minimum absolute atomic E-state index is 0.184. The number of hydrogen-bond donors (Lipinski definition) is 1. The number of hydrogen-bond acceptors (Lipinski definition) is 3. The fraction of sp³-hybridized carbons (Fsp3) is 0.308. The highest BCUT2D eigenvalue weighted by molar-refractivity contribution is 5.42. The van der Waals surface area contributed by atoms with Crippen molar-refractivity contribution < 1.29 is 9.13 Å². The van der Waals surface area contributed by atoms with E-state index < -0.39 is 5.82 Å². The van der Waals surface area contributed by atoms with Crippen LogP contribution < -0.4 is 10.5 Å². The van der Waals surface area contributed by atoms with Crippen molar-refractivity contribution in [3.8, 4) is 5.75 Å². The second-order valence-electron chi connectivity index (χ2n) is 4.36. The standard InChI is InChI=1S/C13H16FN3O/c1-9(2)17-6-5-11(16-17)8-18-13-4-3-10(15)7-12(13)14/h3-7,9H,8,15H2,1-2H3. The molecule has 0 aliphatic rings. The van der Waals surface area contributed by atoms with Crippen LogP contribution in [0.1, 0.15) is 25.6 Å². The summed E-state index contributed by atoms with van der Waals surface area (Å²) in [5.74, 6) is -0.276. The Balaban J connectivity index is 2.02. The molecule has 1 heterocycles. The molecule has 0 fully saturated rings. The van der Waals surface area contributed by atoms with E-state index in [0.717, 1.165) is 5.69 Å². The Bertz CT molecular complexity index is 537. The Morgan fingerprint density at radius 3 is 2.78 bits per heavy atom. The Hall–Kier alpha value is -2.04. The molecule has 4 nitrogen and oxygen atoms in total.